The first kappa shape index (κ1) is 18.0. The lowest BCUT2D eigenvalue weighted by atomic mass is 9.76. The standard InChI is InChI=1S/C15H19BrClNO3/c1-8(2)15(4,14(20)21)7-13(19)18-12-6-11(17)9(3)5-10(12)16/h5-6,8H,7H2,1-4H3,(H,18,19)(H,20,21). The average molecular weight is 377 g/mol. The zero-order chi connectivity index (χ0) is 16.4. The molecule has 0 aliphatic rings. The van der Waals surface area contributed by atoms with E-state index in [0.29, 0.717) is 15.2 Å². The molecule has 0 fully saturated rings. The summed E-state index contributed by atoms with van der Waals surface area (Å²) in [4.78, 5) is 23.6. The van der Waals surface area contributed by atoms with Gasteiger partial charge in [0.15, 0.2) is 0 Å². The van der Waals surface area contributed by atoms with Crippen LogP contribution in [0.15, 0.2) is 16.6 Å². The molecule has 116 valence electrons. The molecule has 0 radical (unpaired) electrons. The van der Waals surface area contributed by atoms with Crippen molar-refractivity contribution in [2.24, 2.45) is 11.3 Å². The van der Waals surface area contributed by atoms with E-state index < -0.39 is 11.4 Å². The average Bonchev–Trinajstić information content (AvgIpc) is 2.35. The lowest BCUT2D eigenvalue weighted by molar-refractivity contribution is -0.153. The predicted octanol–water partition coefficient (Wildman–Crippen LogP) is 4.49. The number of amides is 1. The van der Waals surface area contributed by atoms with Gasteiger partial charge in [0.05, 0.1) is 11.1 Å². The first-order chi connectivity index (χ1) is 9.57. The Bertz CT molecular complexity index is 574. The number of carboxylic acids is 1. The number of hydrogen-bond acceptors (Lipinski definition) is 2. The van der Waals surface area contributed by atoms with Gasteiger partial charge < -0.3 is 10.4 Å². The van der Waals surface area contributed by atoms with Crippen LogP contribution in [0.5, 0.6) is 0 Å². The van der Waals surface area contributed by atoms with Gasteiger partial charge in [-0.2, -0.15) is 0 Å². The fraction of sp³-hybridized carbons (Fsp3) is 0.467. The molecular formula is C15H19BrClNO3. The molecule has 0 aromatic heterocycles. The Hall–Kier alpha value is -1.07. The van der Waals surface area contributed by atoms with Gasteiger partial charge in [0.25, 0.3) is 0 Å². The number of hydrogen-bond donors (Lipinski definition) is 2. The van der Waals surface area contributed by atoms with E-state index in [0.717, 1.165) is 5.56 Å². The van der Waals surface area contributed by atoms with Crippen molar-refractivity contribution < 1.29 is 14.7 Å². The first-order valence-corrected chi connectivity index (χ1v) is 7.74. The topological polar surface area (TPSA) is 66.4 Å². The van der Waals surface area contributed by atoms with E-state index in [4.69, 9.17) is 11.6 Å². The fourth-order valence-corrected chi connectivity index (χ4v) is 2.52. The lowest BCUT2D eigenvalue weighted by Crippen LogP contribution is -2.37. The minimum absolute atomic E-state index is 0.0993. The molecule has 1 amide bonds. The molecule has 1 aromatic carbocycles. The van der Waals surface area contributed by atoms with Crippen molar-refractivity contribution in [1.29, 1.82) is 0 Å². The van der Waals surface area contributed by atoms with Gasteiger partial charge in [-0.05, 0) is 53.4 Å². The molecule has 0 spiro atoms. The number of carbonyl (C=O) groups excluding carboxylic acids is 1. The Morgan fingerprint density at radius 1 is 1.43 bits per heavy atom. The van der Waals surface area contributed by atoms with Crippen LogP contribution in [0.2, 0.25) is 5.02 Å². The van der Waals surface area contributed by atoms with Crippen molar-refractivity contribution >= 4 is 45.1 Å². The molecule has 4 nitrogen and oxygen atoms in total. The predicted molar refractivity (Wildman–Crippen MR) is 87.7 cm³/mol. The van der Waals surface area contributed by atoms with Gasteiger partial charge >= 0.3 is 5.97 Å². The summed E-state index contributed by atoms with van der Waals surface area (Å²) >= 11 is 9.39. The van der Waals surface area contributed by atoms with Crippen LogP contribution >= 0.6 is 27.5 Å². The number of halogens is 2. The van der Waals surface area contributed by atoms with E-state index in [-0.39, 0.29) is 18.2 Å². The van der Waals surface area contributed by atoms with Crippen LogP contribution < -0.4 is 5.32 Å². The zero-order valence-corrected chi connectivity index (χ0v) is 14.8. The molecule has 0 heterocycles. The van der Waals surface area contributed by atoms with Crippen LogP contribution in [-0.2, 0) is 9.59 Å². The van der Waals surface area contributed by atoms with Gasteiger partial charge in [0.1, 0.15) is 0 Å². The summed E-state index contributed by atoms with van der Waals surface area (Å²) in [5.74, 6) is -1.49. The Kier molecular flexibility index (Phi) is 5.82. The van der Waals surface area contributed by atoms with Gasteiger partial charge in [0, 0.05) is 15.9 Å². The number of anilines is 1. The third-order valence-corrected chi connectivity index (χ3v) is 4.88. The molecule has 0 bridgehead atoms. The van der Waals surface area contributed by atoms with Crippen molar-refractivity contribution in [3.63, 3.8) is 0 Å². The van der Waals surface area contributed by atoms with E-state index in [1.165, 1.54) is 0 Å². The Morgan fingerprint density at radius 2 is 2.00 bits per heavy atom. The fourth-order valence-electron chi connectivity index (χ4n) is 1.80. The molecule has 0 aliphatic carbocycles. The number of aliphatic carboxylic acids is 1. The maximum absolute atomic E-state index is 12.1. The summed E-state index contributed by atoms with van der Waals surface area (Å²) < 4.78 is 0.708. The number of nitrogens with one attached hydrogen (secondary N) is 1. The minimum Gasteiger partial charge on any atom is -0.481 e. The van der Waals surface area contributed by atoms with Crippen LogP contribution in [0.25, 0.3) is 0 Å². The summed E-state index contributed by atoms with van der Waals surface area (Å²) in [6, 6.07) is 3.45. The van der Waals surface area contributed by atoms with Crippen molar-refractivity contribution in [1.82, 2.24) is 0 Å². The van der Waals surface area contributed by atoms with E-state index in [9.17, 15) is 14.7 Å². The maximum atomic E-state index is 12.1. The summed E-state index contributed by atoms with van der Waals surface area (Å²) in [7, 11) is 0. The molecule has 6 heteroatoms. The van der Waals surface area contributed by atoms with E-state index >= 15 is 0 Å². The first-order valence-electron chi connectivity index (χ1n) is 6.57. The second-order valence-corrected chi connectivity index (χ2v) is 6.95. The van der Waals surface area contributed by atoms with Crippen molar-refractivity contribution in [2.75, 3.05) is 5.32 Å². The second kappa shape index (κ2) is 6.79. The molecule has 1 unspecified atom stereocenters. The number of benzene rings is 1. The summed E-state index contributed by atoms with van der Waals surface area (Å²) in [5.41, 5.74) is 0.316. The molecule has 0 saturated heterocycles. The Morgan fingerprint density at radius 3 is 2.48 bits per heavy atom. The molecule has 1 rings (SSSR count). The number of carboxylic acid groups (broad SMARTS) is 1. The Balaban J connectivity index is 2.92. The SMILES string of the molecule is Cc1cc(Br)c(NC(=O)CC(C)(C(=O)O)C(C)C)cc1Cl. The van der Waals surface area contributed by atoms with Gasteiger partial charge in [0.2, 0.25) is 5.91 Å². The quantitative estimate of drug-likeness (QED) is 0.796. The third kappa shape index (κ3) is 4.20. The molecule has 1 aromatic rings. The lowest BCUT2D eigenvalue weighted by Gasteiger charge is -2.28. The highest BCUT2D eigenvalue weighted by Gasteiger charge is 2.38. The second-order valence-electron chi connectivity index (χ2n) is 5.68. The van der Waals surface area contributed by atoms with E-state index in [1.807, 2.05) is 6.92 Å². The summed E-state index contributed by atoms with van der Waals surface area (Å²) in [6.45, 7) is 7.02. The normalized spacial score (nSPS) is 13.9. The van der Waals surface area contributed by atoms with Crippen LogP contribution in [0, 0.1) is 18.3 Å². The largest absolute Gasteiger partial charge is 0.481 e. The van der Waals surface area contributed by atoms with Gasteiger partial charge in [-0.1, -0.05) is 25.4 Å². The number of aryl methyl sites for hydroxylation is 1. The van der Waals surface area contributed by atoms with Gasteiger partial charge in [-0.3, -0.25) is 9.59 Å². The number of carbonyl (C=O) groups is 2. The molecule has 1 atom stereocenters. The van der Waals surface area contributed by atoms with Crippen molar-refractivity contribution in [3.8, 4) is 0 Å². The van der Waals surface area contributed by atoms with E-state index in [1.54, 1.807) is 32.9 Å². The number of rotatable bonds is 5. The molecule has 0 saturated carbocycles. The highest BCUT2D eigenvalue weighted by Crippen LogP contribution is 2.33. The van der Waals surface area contributed by atoms with Crippen LogP contribution in [0.1, 0.15) is 32.8 Å². The van der Waals surface area contributed by atoms with Crippen molar-refractivity contribution in [2.45, 2.75) is 34.1 Å². The molecule has 0 aliphatic heterocycles. The summed E-state index contributed by atoms with van der Waals surface area (Å²) in [5, 5.41) is 12.6. The monoisotopic (exact) mass is 375 g/mol. The maximum Gasteiger partial charge on any atom is 0.310 e. The zero-order valence-electron chi connectivity index (χ0n) is 12.5. The van der Waals surface area contributed by atoms with Crippen molar-refractivity contribution in [3.05, 3.63) is 27.2 Å². The Labute approximate surface area is 138 Å². The van der Waals surface area contributed by atoms with Gasteiger partial charge in [-0.15, -0.1) is 0 Å². The van der Waals surface area contributed by atoms with Crippen LogP contribution in [0.4, 0.5) is 5.69 Å². The molecule has 21 heavy (non-hydrogen) atoms. The van der Waals surface area contributed by atoms with Gasteiger partial charge in [-0.25, -0.2) is 0 Å². The minimum atomic E-state index is -1.11. The smallest absolute Gasteiger partial charge is 0.310 e. The van der Waals surface area contributed by atoms with Crippen LogP contribution in [0.3, 0.4) is 0 Å². The highest BCUT2D eigenvalue weighted by molar-refractivity contribution is 9.10. The van der Waals surface area contributed by atoms with Crippen LogP contribution in [-0.4, -0.2) is 17.0 Å². The molecule has 2 N–H and O–H groups in total. The third-order valence-electron chi connectivity index (χ3n) is 3.81. The summed E-state index contributed by atoms with van der Waals surface area (Å²) in [6.07, 6.45) is -0.0993. The van der Waals surface area contributed by atoms with E-state index in [2.05, 4.69) is 21.2 Å². The highest BCUT2D eigenvalue weighted by atomic mass is 79.9. The molecular weight excluding hydrogens is 358 g/mol.